The van der Waals surface area contributed by atoms with Gasteiger partial charge in [0.2, 0.25) is 0 Å². The molecule has 4 heteroatoms. The standard InChI is InChI=1S/C7H9N3O/c8-2-1-7(11)5-10-4-3-9-6-10/h3-4,6-7,11H,1,5H2. The average Bonchev–Trinajstić information content (AvgIpc) is 2.40. The van der Waals surface area contributed by atoms with Gasteiger partial charge in [0.1, 0.15) is 0 Å². The van der Waals surface area contributed by atoms with Crippen molar-refractivity contribution in [3.8, 4) is 6.07 Å². The largest absolute Gasteiger partial charge is 0.390 e. The smallest absolute Gasteiger partial charge is 0.0946 e. The maximum Gasteiger partial charge on any atom is 0.0946 e. The van der Waals surface area contributed by atoms with Crippen molar-refractivity contribution < 1.29 is 5.11 Å². The van der Waals surface area contributed by atoms with Crippen molar-refractivity contribution in [1.29, 1.82) is 5.26 Å². The molecule has 0 aliphatic carbocycles. The van der Waals surface area contributed by atoms with Crippen molar-refractivity contribution in [2.75, 3.05) is 0 Å². The zero-order chi connectivity index (χ0) is 8.10. The highest BCUT2D eigenvalue weighted by atomic mass is 16.3. The van der Waals surface area contributed by atoms with Crippen LogP contribution >= 0.6 is 0 Å². The Bertz CT molecular complexity index is 237. The molecule has 1 atom stereocenters. The summed E-state index contributed by atoms with van der Waals surface area (Å²) in [4.78, 5) is 3.80. The molecule has 1 aromatic heterocycles. The number of aliphatic hydroxyl groups excluding tert-OH is 1. The summed E-state index contributed by atoms with van der Waals surface area (Å²) in [7, 11) is 0. The molecule has 4 nitrogen and oxygen atoms in total. The third-order valence-electron chi connectivity index (χ3n) is 1.31. The van der Waals surface area contributed by atoms with Crippen LogP contribution in [0.2, 0.25) is 0 Å². The Balaban J connectivity index is 2.38. The average molecular weight is 151 g/mol. The Kier molecular flexibility index (Phi) is 2.64. The summed E-state index contributed by atoms with van der Waals surface area (Å²) >= 11 is 0. The van der Waals surface area contributed by atoms with Crippen LogP contribution in [0.4, 0.5) is 0 Å². The van der Waals surface area contributed by atoms with Crippen LogP contribution < -0.4 is 0 Å². The SMILES string of the molecule is N#CCC(O)Cn1ccnc1. The number of rotatable bonds is 3. The number of hydrogen-bond acceptors (Lipinski definition) is 3. The highest BCUT2D eigenvalue weighted by Gasteiger charge is 2.02. The Morgan fingerprint density at radius 2 is 2.55 bits per heavy atom. The van der Waals surface area contributed by atoms with E-state index in [0.717, 1.165) is 0 Å². The molecule has 0 saturated carbocycles. The number of nitriles is 1. The van der Waals surface area contributed by atoms with Crippen LogP contribution in [0.15, 0.2) is 18.7 Å². The topological polar surface area (TPSA) is 61.8 Å². The molecule has 1 N–H and O–H groups in total. The van der Waals surface area contributed by atoms with Gasteiger partial charge in [0.05, 0.1) is 31.5 Å². The summed E-state index contributed by atoms with van der Waals surface area (Å²) in [5, 5.41) is 17.4. The molecule has 0 fully saturated rings. The van der Waals surface area contributed by atoms with Crippen molar-refractivity contribution in [1.82, 2.24) is 9.55 Å². The van der Waals surface area contributed by atoms with Gasteiger partial charge in [0.15, 0.2) is 0 Å². The molecule has 0 bridgehead atoms. The molecular weight excluding hydrogens is 142 g/mol. The van der Waals surface area contributed by atoms with Gasteiger partial charge in [-0.15, -0.1) is 0 Å². The number of nitrogens with zero attached hydrogens (tertiary/aromatic N) is 3. The molecule has 0 radical (unpaired) electrons. The lowest BCUT2D eigenvalue weighted by molar-refractivity contribution is 0.159. The minimum Gasteiger partial charge on any atom is -0.390 e. The zero-order valence-electron chi connectivity index (χ0n) is 6.01. The molecule has 0 spiro atoms. The predicted octanol–water partition coefficient (Wildman–Crippen LogP) is 0.158. The van der Waals surface area contributed by atoms with Gasteiger partial charge in [-0.25, -0.2) is 4.98 Å². The molecule has 58 valence electrons. The summed E-state index contributed by atoms with van der Waals surface area (Å²) in [6.45, 7) is 0.438. The van der Waals surface area contributed by atoms with Gasteiger partial charge in [-0.05, 0) is 0 Å². The summed E-state index contributed by atoms with van der Waals surface area (Å²) < 4.78 is 1.74. The quantitative estimate of drug-likeness (QED) is 0.669. The maximum absolute atomic E-state index is 9.15. The highest BCUT2D eigenvalue weighted by Crippen LogP contribution is 1.95. The Morgan fingerprint density at radius 1 is 1.73 bits per heavy atom. The van der Waals surface area contributed by atoms with E-state index in [2.05, 4.69) is 4.98 Å². The van der Waals surface area contributed by atoms with Gasteiger partial charge in [-0.2, -0.15) is 5.26 Å². The van der Waals surface area contributed by atoms with Crippen molar-refractivity contribution >= 4 is 0 Å². The molecule has 1 rings (SSSR count). The first-order chi connectivity index (χ1) is 5.33. The van der Waals surface area contributed by atoms with E-state index in [0.29, 0.717) is 6.54 Å². The second-order valence-electron chi connectivity index (χ2n) is 2.28. The number of aliphatic hydroxyl groups is 1. The van der Waals surface area contributed by atoms with Gasteiger partial charge < -0.3 is 9.67 Å². The number of aromatic nitrogens is 2. The van der Waals surface area contributed by atoms with Crippen LogP contribution in [0.1, 0.15) is 6.42 Å². The molecule has 0 aromatic carbocycles. The second kappa shape index (κ2) is 3.74. The van der Waals surface area contributed by atoms with Crippen LogP contribution in [-0.4, -0.2) is 20.8 Å². The van der Waals surface area contributed by atoms with Gasteiger partial charge in [0.25, 0.3) is 0 Å². The molecule has 0 amide bonds. The molecule has 1 heterocycles. The Labute approximate surface area is 64.7 Å². The molecule has 0 aliphatic rings. The minimum atomic E-state index is -0.589. The minimum absolute atomic E-state index is 0.165. The first kappa shape index (κ1) is 7.76. The fraction of sp³-hybridized carbons (Fsp3) is 0.429. The van der Waals surface area contributed by atoms with Gasteiger partial charge in [0, 0.05) is 12.4 Å². The summed E-state index contributed by atoms with van der Waals surface area (Å²) in [5.41, 5.74) is 0. The first-order valence-corrected chi connectivity index (χ1v) is 3.33. The number of imidazole rings is 1. The first-order valence-electron chi connectivity index (χ1n) is 3.33. The van der Waals surface area contributed by atoms with E-state index in [9.17, 15) is 0 Å². The van der Waals surface area contributed by atoms with Crippen LogP contribution in [0, 0.1) is 11.3 Å². The maximum atomic E-state index is 9.15. The molecule has 0 saturated heterocycles. The number of hydrogen-bond donors (Lipinski definition) is 1. The van der Waals surface area contributed by atoms with Crippen molar-refractivity contribution in [2.24, 2.45) is 0 Å². The van der Waals surface area contributed by atoms with E-state index in [4.69, 9.17) is 10.4 Å². The van der Waals surface area contributed by atoms with E-state index >= 15 is 0 Å². The fourth-order valence-electron chi connectivity index (χ4n) is 0.808. The van der Waals surface area contributed by atoms with Crippen LogP contribution in [-0.2, 0) is 6.54 Å². The van der Waals surface area contributed by atoms with E-state index in [-0.39, 0.29) is 6.42 Å². The van der Waals surface area contributed by atoms with Gasteiger partial charge >= 0.3 is 0 Å². The van der Waals surface area contributed by atoms with E-state index < -0.39 is 6.10 Å². The summed E-state index contributed by atoms with van der Waals surface area (Å²) in [5.74, 6) is 0. The monoisotopic (exact) mass is 151 g/mol. The molecule has 11 heavy (non-hydrogen) atoms. The predicted molar refractivity (Wildman–Crippen MR) is 38.5 cm³/mol. The van der Waals surface area contributed by atoms with E-state index in [1.807, 2.05) is 6.07 Å². The lowest BCUT2D eigenvalue weighted by Crippen LogP contribution is -2.13. The lowest BCUT2D eigenvalue weighted by Gasteiger charge is -2.05. The Hall–Kier alpha value is -1.34. The lowest BCUT2D eigenvalue weighted by atomic mass is 10.3. The Morgan fingerprint density at radius 3 is 3.09 bits per heavy atom. The molecule has 1 aromatic rings. The third-order valence-corrected chi connectivity index (χ3v) is 1.31. The van der Waals surface area contributed by atoms with Crippen molar-refractivity contribution in [3.63, 3.8) is 0 Å². The van der Waals surface area contributed by atoms with Gasteiger partial charge in [-0.1, -0.05) is 0 Å². The summed E-state index contributed by atoms with van der Waals surface area (Å²) in [6, 6.07) is 1.90. The van der Waals surface area contributed by atoms with E-state index in [1.165, 1.54) is 0 Å². The van der Waals surface area contributed by atoms with E-state index in [1.54, 1.807) is 23.3 Å². The molecular formula is C7H9N3O. The van der Waals surface area contributed by atoms with Crippen molar-refractivity contribution in [2.45, 2.75) is 19.1 Å². The van der Waals surface area contributed by atoms with Crippen molar-refractivity contribution in [3.05, 3.63) is 18.7 Å². The second-order valence-corrected chi connectivity index (χ2v) is 2.28. The third kappa shape index (κ3) is 2.40. The van der Waals surface area contributed by atoms with Crippen LogP contribution in [0.3, 0.4) is 0 Å². The highest BCUT2D eigenvalue weighted by molar-refractivity contribution is 4.79. The molecule has 1 unspecified atom stereocenters. The van der Waals surface area contributed by atoms with Crippen LogP contribution in [0.5, 0.6) is 0 Å². The fourth-order valence-corrected chi connectivity index (χ4v) is 0.808. The zero-order valence-corrected chi connectivity index (χ0v) is 6.01. The summed E-state index contributed by atoms with van der Waals surface area (Å²) in [6.07, 6.45) is 4.58. The normalized spacial score (nSPS) is 12.4. The van der Waals surface area contributed by atoms with Crippen LogP contribution in [0.25, 0.3) is 0 Å². The van der Waals surface area contributed by atoms with Gasteiger partial charge in [-0.3, -0.25) is 0 Å². The molecule has 0 aliphatic heterocycles.